The van der Waals surface area contributed by atoms with Crippen LogP contribution in [0.4, 0.5) is 0 Å². The van der Waals surface area contributed by atoms with E-state index in [0.717, 1.165) is 17.7 Å². The number of nitrogens with one attached hydrogen (secondary N) is 1. The predicted molar refractivity (Wildman–Crippen MR) is 80.8 cm³/mol. The Hall–Kier alpha value is -2.20. The summed E-state index contributed by atoms with van der Waals surface area (Å²) < 4.78 is 1.95. The highest BCUT2D eigenvalue weighted by atomic mass is 15.1. The first-order valence-corrected chi connectivity index (χ1v) is 6.84. The SMILES string of the molecule is CC(C)NCc1cnc(-n2ccnc2)c2ccccc12. The zero-order valence-electron chi connectivity index (χ0n) is 11.7. The molecular weight excluding hydrogens is 248 g/mol. The molecule has 3 aromatic rings. The Morgan fingerprint density at radius 2 is 2.00 bits per heavy atom. The molecule has 0 amide bonds. The molecule has 0 aliphatic carbocycles. The smallest absolute Gasteiger partial charge is 0.145 e. The molecule has 4 nitrogen and oxygen atoms in total. The van der Waals surface area contributed by atoms with Gasteiger partial charge in [0, 0.05) is 36.6 Å². The molecule has 0 unspecified atom stereocenters. The molecule has 2 heterocycles. The van der Waals surface area contributed by atoms with Crippen molar-refractivity contribution in [2.75, 3.05) is 0 Å². The largest absolute Gasteiger partial charge is 0.310 e. The number of aromatic nitrogens is 3. The summed E-state index contributed by atoms with van der Waals surface area (Å²) in [6.07, 6.45) is 7.42. The number of benzene rings is 1. The van der Waals surface area contributed by atoms with Crippen LogP contribution in [0.25, 0.3) is 16.6 Å². The Kier molecular flexibility index (Phi) is 3.48. The molecule has 0 saturated heterocycles. The van der Waals surface area contributed by atoms with Gasteiger partial charge in [-0.05, 0) is 10.9 Å². The summed E-state index contributed by atoms with van der Waals surface area (Å²) in [5.74, 6) is 0.923. The Morgan fingerprint density at radius 3 is 2.70 bits per heavy atom. The monoisotopic (exact) mass is 266 g/mol. The first-order valence-electron chi connectivity index (χ1n) is 6.84. The summed E-state index contributed by atoms with van der Waals surface area (Å²) in [6.45, 7) is 5.13. The molecule has 0 radical (unpaired) electrons. The standard InChI is InChI=1S/C16H18N4/c1-12(2)18-9-13-10-19-16(20-8-7-17-11-20)15-6-4-3-5-14(13)15/h3-8,10-12,18H,9H2,1-2H3. The molecule has 102 valence electrons. The van der Waals surface area contributed by atoms with Crippen molar-refractivity contribution >= 4 is 10.8 Å². The van der Waals surface area contributed by atoms with Gasteiger partial charge < -0.3 is 5.32 Å². The van der Waals surface area contributed by atoms with E-state index in [4.69, 9.17) is 0 Å². The number of pyridine rings is 1. The lowest BCUT2D eigenvalue weighted by Crippen LogP contribution is -2.22. The second-order valence-electron chi connectivity index (χ2n) is 5.16. The lowest BCUT2D eigenvalue weighted by Gasteiger charge is -2.13. The zero-order valence-corrected chi connectivity index (χ0v) is 11.7. The van der Waals surface area contributed by atoms with E-state index in [9.17, 15) is 0 Å². The molecule has 3 rings (SSSR count). The van der Waals surface area contributed by atoms with E-state index in [1.807, 2.05) is 23.0 Å². The minimum Gasteiger partial charge on any atom is -0.310 e. The average molecular weight is 266 g/mol. The molecule has 1 aromatic carbocycles. The van der Waals surface area contributed by atoms with Crippen LogP contribution in [0.15, 0.2) is 49.2 Å². The van der Waals surface area contributed by atoms with Gasteiger partial charge in [-0.3, -0.25) is 4.57 Å². The third kappa shape index (κ3) is 2.42. The Labute approximate surface area is 118 Å². The number of rotatable bonds is 4. The predicted octanol–water partition coefficient (Wildman–Crippen LogP) is 2.92. The first-order chi connectivity index (χ1) is 9.75. The molecule has 2 aromatic heterocycles. The van der Waals surface area contributed by atoms with Gasteiger partial charge in [-0.25, -0.2) is 9.97 Å². The highest BCUT2D eigenvalue weighted by molar-refractivity contribution is 5.90. The number of hydrogen-bond acceptors (Lipinski definition) is 3. The summed E-state index contributed by atoms with van der Waals surface area (Å²) in [5.41, 5.74) is 1.22. The average Bonchev–Trinajstić information content (AvgIpc) is 2.98. The van der Waals surface area contributed by atoms with Gasteiger partial charge >= 0.3 is 0 Å². The number of fused-ring (bicyclic) bond motifs is 1. The lowest BCUT2D eigenvalue weighted by atomic mass is 10.1. The fourth-order valence-corrected chi connectivity index (χ4v) is 2.28. The topological polar surface area (TPSA) is 42.7 Å². The van der Waals surface area contributed by atoms with Crippen LogP contribution in [-0.4, -0.2) is 20.6 Å². The Balaban J connectivity index is 2.10. The van der Waals surface area contributed by atoms with Crippen molar-refractivity contribution in [2.45, 2.75) is 26.4 Å². The quantitative estimate of drug-likeness (QED) is 0.789. The van der Waals surface area contributed by atoms with Gasteiger partial charge in [-0.2, -0.15) is 0 Å². The van der Waals surface area contributed by atoms with Crippen molar-refractivity contribution in [3.05, 3.63) is 54.7 Å². The number of imidazole rings is 1. The molecule has 0 saturated carbocycles. The summed E-state index contributed by atoms with van der Waals surface area (Å²) in [6, 6.07) is 8.83. The number of hydrogen-bond donors (Lipinski definition) is 1. The highest BCUT2D eigenvalue weighted by Crippen LogP contribution is 2.23. The van der Waals surface area contributed by atoms with E-state index in [-0.39, 0.29) is 0 Å². The normalized spacial score (nSPS) is 11.3. The van der Waals surface area contributed by atoms with Crippen LogP contribution < -0.4 is 5.32 Å². The maximum Gasteiger partial charge on any atom is 0.145 e. The molecule has 0 bridgehead atoms. The second kappa shape index (κ2) is 5.43. The maximum absolute atomic E-state index is 4.61. The molecule has 20 heavy (non-hydrogen) atoms. The van der Waals surface area contributed by atoms with Gasteiger partial charge in [0.1, 0.15) is 12.1 Å². The van der Waals surface area contributed by atoms with Gasteiger partial charge in [-0.1, -0.05) is 38.1 Å². The van der Waals surface area contributed by atoms with Crippen LogP contribution in [0.5, 0.6) is 0 Å². The van der Waals surface area contributed by atoms with Gasteiger partial charge in [-0.15, -0.1) is 0 Å². The Morgan fingerprint density at radius 1 is 1.20 bits per heavy atom. The zero-order chi connectivity index (χ0) is 13.9. The van der Waals surface area contributed by atoms with Crippen molar-refractivity contribution in [3.8, 4) is 5.82 Å². The van der Waals surface area contributed by atoms with Gasteiger partial charge in [0.15, 0.2) is 0 Å². The summed E-state index contributed by atoms with van der Waals surface area (Å²) in [7, 11) is 0. The van der Waals surface area contributed by atoms with E-state index in [1.165, 1.54) is 10.9 Å². The number of nitrogens with zero attached hydrogens (tertiary/aromatic N) is 3. The third-order valence-electron chi connectivity index (χ3n) is 3.31. The second-order valence-corrected chi connectivity index (χ2v) is 5.16. The third-order valence-corrected chi connectivity index (χ3v) is 3.31. The molecular formula is C16H18N4. The van der Waals surface area contributed by atoms with Crippen molar-refractivity contribution in [1.29, 1.82) is 0 Å². The van der Waals surface area contributed by atoms with Crippen LogP contribution in [0, 0.1) is 0 Å². The molecule has 0 aliphatic heterocycles. The van der Waals surface area contributed by atoms with E-state index in [1.54, 1.807) is 12.5 Å². The van der Waals surface area contributed by atoms with Gasteiger partial charge in [0.25, 0.3) is 0 Å². The van der Waals surface area contributed by atoms with E-state index in [0.29, 0.717) is 6.04 Å². The van der Waals surface area contributed by atoms with Crippen LogP contribution in [0.3, 0.4) is 0 Å². The van der Waals surface area contributed by atoms with Crippen molar-refractivity contribution < 1.29 is 0 Å². The van der Waals surface area contributed by atoms with E-state index >= 15 is 0 Å². The summed E-state index contributed by atoms with van der Waals surface area (Å²) >= 11 is 0. The van der Waals surface area contributed by atoms with E-state index < -0.39 is 0 Å². The summed E-state index contributed by atoms with van der Waals surface area (Å²) in [5, 5.41) is 5.83. The lowest BCUT2D eigenvalue weighted by molar-refractivity contribution is 0.590. The van der Waals surface area contributed by atoms with Crippen LogP contribution in [-0.2, 0) is 6.54 Å². The van der Waals surface area contributed by atoms with Gasteiger partial charge in [0.05, 0.1) is 0 Å². The van der Waals surface area contributed by atoms with Crippen LogP contribution >= 0.6 is 0 Å². The fourth-order valence-electron chi connectivity index (χ4n) is 2.28. The van der Waals surface area contributed by atoms with Crippen LogP contribution in [0.1, 0.15) is 19.4 Å². The van der Waals surface area contributed by atoms with Crippen molar-refractivity contribution in [1.82, 2.24) is 19.9 Å². The van der Waals surface area contributed by atoms with Gasteiger partial charge in [0.2, 0.25) is 0 Å². The van der Waals surface area contributed by atoms with Crippen LogP contribution in [0.2, 0.25) is 0 Å². The van der Waals surface area contributed by atoms with Crippen molar-refractivity contribution in [2.24, 2.45) is 0 Å². The van der Waals surface area contributed by atoms with Crippen molar-refractivity contribution in [3.63, 3.8) is 0 Å². The molecule has 4 heteroatoms. The Bertz CT molecular complexity index is 702. The molecule has 0 aliphatic rings. The minimum atomic E-state index is 0.460. The maximum atomic E-state index is 4.61. The first kappa shape index (κ1) is 12.8. The molecule has 0 fully saturated rings. The fraction of sp³-hybridized carbons (Fsp3) is 0.250. The summed E-state index contributed by atoms with van der Waals surface area (Å²) in [4.78, 5) is 8.71. The highest BCUT2D eigenvalue weighted by Gasteiger charge is 2.08. The minimum absolute atomic E-state index is 0.460. The molecule has 0 atom stereocenters. The van der Waals surface area contributed by atoms with E-state index in [2.05, 4.69) is 47.3 Å². The molecule has 1 N–H and O–H groups in total. The molecule has 0 spiro atoms.